The maximum absolute atomic E-state index is 12.4. The van der Waals surface area contributed by atoms with Crippen LogP contribution in [-0.2, 0) is 15.6 Å². The van der Waals surface area contributed by atoms with Crippen LogP contribution in [0, 0.1) is 0 Å². The lowest BCUT2D eigenvalue weighted by Crippen LogP contribution is -2.41. The van der Waals surface area contributed by atoms with Crippen LogP contribution in [0.1, 0.15) is 97.9 Å². The quantitative estimate of drug-likeness (QED) is 0.501. The van der Waals surface area contributed by atoms with Crippen LogP contribution in [0.15, 0.2) is 30.6 Å². The molecule has 1 aliphatic heterocycles. The van der Waals surface area contributed by atoms with Crippen LogP contribution in [0.3, 0.4) is 0 Å². The fourth-order valence-electron chi connectivity index (χ4n) is 4.04. The van der Waals surface area contributed by atoms with Crippen LogP contribution in [-0.4, -0.2) is 39.7 Å². The van der Waals surface area contributed by atoms with E-state index in [1.807, 2.05) is 33.2 Å². The Morgan fingerprint density at radius 3 is 1.91 bits per heavy atom. The van der Waals surface area contributed by atoms with Gasteiger partial charge in [0.25, 0.3) is 0 Å². The molecule has 3 rings (SSSR count). The maximum atomic E-state index is 12.4. The van der Waals surface area contributed by atoms with E-state index in [-0.39, 0.29) is 16.9 Å². The van der Waals surface area contributed by atoms with E-state index in [9.17, 15) is 4.79 Å². The Balaban J connectivity index is 1.83. The molecule has 1 saturated heterocycles. The second-order valence-corrected chi connectivity index (χ2v) is 12.4. The first-order valence-electron chi connectivity index (χ1n) is 12.1. The number of amides is 1. The molecule has 0 spiro atoms. The van der Waals surface area contributed by atoms with Crippen molar-refractivity contribution >= 4 is 6.09 Å². The number of ether oxygens (including phenoxy) is 1. The van der Waals surface area contributed by atoms with Gasteiger partial charge in [-0.2, -0.15) is 0 Å². The van der Waals surface area contributed by atoms with E-state index in [0.717, 1.165) is 29.8 Å². The molecular weight excluding hydrogens is 410 g/mol. The Bertz CT molecular complexity index is 953. The van der Waals surface area contributed by atoms with Crippen molar-refractivity contribution in [2.24, 2.45) is 0 Å². The number of rotatable bonds is 2. The van der Waals surface area contributed by atoms with Gasteiger partial charge < -0.3 is 9.64 Å². The van der Waals surface area contributed by atoms with Gasteiger partial charge in [0.15, 0.2) is 0 Å². The molecule has 180 valence electrons. The molecule has 0 radical (unpaired) electrons. The average Bonchev–Trinajstić information content (AvgIpc) is 2.71. The first-order chi connectivity index (χ1) is 15.1. The number of nitrogens with zero attached hydrogens (tertiary/aromatic N) is 3. The molecule has 0 bridgehead atoms. The van der Waals surface area contributed by atoms with Gasteiger partial charge in [-0.15, -0.1) is 0 Å². The van der Waals surface area contributed by atoms with E-state index in [4.69, 9.17) is 9.72 Å². The summed E-state index contributed by atoms with van der Waals surface area (Å²) in [5.74, 6) is 0.295. The van der Waals surface area contributed by atoms with Gasteiger partial charge in [0.2, 0.25) is 0 Å². The summed E-state index contributed by atoms with van der Waals surface area (Å²) in [7, 11) is 0. The topological polar surface area (TPSA) is 55.3 Å². The van der Waals surface area contributed by atoms with E-state index >= 15 is 0 Å². The summed E-state index contributed by atoms with van der Waals surface area (Å²) in [5.41, 5.74) is 5.29. The van der Waals surface area contributed by atoms with Gasteiger partial charge in [-0.3, -0.25) is 4.98 Å². The van der Waals surface area contributed by atoms with Gasteiger partial charge in [-0.05, 0) is 67.7 Å². The molecule has 2 aromatic rings. The summed E-state index contributed by atoms with van der Waals surface area (Å²) < 4.78 is 5.53. The van der Waals surface area contributed by atoms with Crippen LogP contribution in [0.5, 0.6) is 0 Å². The summed E-state index contributed by atoms with van der Waals surface area (Å²) in [6.45, 7) is 20.6. The van der Waals surface area contributed by atoms with Gasteiger partial charge >= 0.3 is 6.09 Å². The van der Waals surface area contributed by atoms with Gasteiger partial charge in [-0.1, -0.05) is 47.6 Å². The number of carbonyl (C=O) groups is 1. The minimum Gasteiger partial charge on any atom is -0.444 e. The molecule has 1 fully saturated rings. The van der Waals surface area contributed by atoms with Crippen molar-refractivity contribution < 1.29 is 9.53 Å². The monoisotopic (exact) mass is 451 g/mol. The number of carbonyl (C=O) groups excluding carboxylic acids is 1. The van der Waals surface area contributed by atoms with Gasteiger partial charge in [0, 0.05) is 30.8 Å². The third kappa shape index (κ3) is 6.55. The Morgan fingerprint density at radius 1 is 0.879 bits per heavy atom. The summed E-state index contributed by atoms with van der Waals surface area (Å²) in [6.07, 6.45) is 5.26. The highest BCUT2D eigenvalue weighted by molar-refractivity contribution is 5.68. The Kier molecular flexibility index (Phi) is 6.93. The molecule has 0 N–H and O–H groups in total. The molecule has 2 heterocycles. The second kappa shape index (κ2) is 9.08. The first kappa shape index (κ1) is 25.2. The summed E-state index contributed by atoms with van der Waals surface area (Å²) in [5, 5.41) is 0. The molecular formula is C28H41N3O2. The lowest BCUT2D eigenvalue weighted by atomic mass is 9.79. The van der Waals surface area contributed by atoms with Crippen molar-refractivity contribution in [3.05, 3.63) is 47.4 Å². The molecule has 0 saturated carbocycles. The van der Waals surface area contributed by atoms with Crippen LogP contribution in [0.25, 0.3) is 11.3 Å². The molecule has 0 unspecified atom stereocenters. The van der Waals surface area contributed by atoms with Gasteiger partial charge in [0.1, 0.15) is 5.60 Å². The minimum absolute atomic E-state index is 0.0511. The average molecular weight is 452 g/mol. The zero-order valence-electron chi connectivity index (χ0n) is 22.0. The number of benzene rings is 1. The van der Waals surface area contributed by atoms with E-state index in [2.05, 4.69) is 64.7 Å². The molecule has 5 nitrogen and oxygen atoms in total. The van der Waals surface area contributed by atoms with Crippen molar-refractivity contribution in [1.29, 1.82) is 0 Å². The largest absolute Gasteiger partial charge is 0.444 e. The van der Waals surface area contributed by atoms with Gasteiger partial charge in [-0.25, -0.2) is 9.78 Å². The zero-order chi connectivity index (χ0) is 24.6. The van der Waals surface area contributed by atoms with E-state index in [1.165, 1.54) is 11.1 Å². The molecule has 1 aliphatic rings. The lowest BCUT2D eigenvalue weighted by Gasteiger charge is -2.33. The third-order valence-corrected chi connectivity index (χ3v) is 6.18. The maximum Gasteiger partial charge on any atom is 0.410 e. The number of hydrogen-bond acceptors (Lipinski definition) is 4. The van der Waals surface area contributed by atoms with Crippen molar-refractivity contribution in [3.63, 3.8) is 0 Å². The number of likely N-dealkylation sites (tertiary alicyclic amines) is 1. The molecule has 0 aliphatic carbocycles. The highest BCUT2D eigenvalue weighted by Crippen LogP contribution is 2.34. The minimum atomic E-state index is -0.471. The van der Waals surface area contributed by atoms with Crippen LogP contribution in [0.2, 0.25) is 0 Å². The molecule has 1 aromatic heterocycles. The van der Waals surface area contributed by atoms with E-state index < -0.39 is 5.60 Å². The summed E-state index contributed by atoms with van der Waals surface area (Å²) >= 11 is 0. The van der Waals surface area contributed by atoms with Crippen molar-refractivity contribution in [2.75, 3.05) is 13.1 Å². The summed E-state index contributed by atoms with van der Waals surface area (Å²) in [4.78, 5) is 23.8. The molecule has 1 aromatic carbocycles. The highest BCUT2D eigenvalue weighted by atomic mass is 16.6. The SMILES string of the molecule is CC(C)(C)OC(=O)N1CCC(c2cncc(-c3cc(C(C)(C)C)cc(C(C)(C)C)c3)n2)CC1. The number of piperidine rings is 1. The molecule has 1 amide bonds. The third-order valence-electron chi connectivity index (χ3n) is 6.18. The lowest BCUT2D eigenvalue weighted by molar-refractivity contribution is 0.0204. The molecule has 0 atom stereocenters. The Labute approximate surface area is 200 Å². The number of hydrogen-bond donors (Lipinski definition) is 0. The fraction of sp³-hybridized carbons (Fsp3) is 0.607. The summed E-state index contributed by atoms with van der Waals surface area (Å²) in [6, 6.07) is 6.84. The molecule has 33 heavy (non-hydrogen) atoms. The smallest absolute Gasteiger partial charge is 0.410 e. The predicted molar refractivity (Wildman–Crippen MR) is 135 cm³/mol. The number of aromatic nitrogens is 2. The standard InChI is InChI=1S/C28H41N3O2/c1-26(2,3)21-14-20(15-22(16-21)27(4,5)6)24-18-29-17-23(30-24)19-10-12-31(13-11-19)25(32)33-28(7,8)9/h14-19H,10-13H2,1-9H3. The Hall–Kier alpha value is -2.43. The zero-order valence-corrected chi connectivity index (χ0v) is 22.0. The predicted octanol–water partition coefficient (Wildman–Crippen LogP) is 6.85. The van der Waals surface area contributed by atoms with Crippen molar-refractivity contribution in [1.82, 2.24) is 14.9 Å². The van der Waals surface area contributed by atoms with E-state index in [1.54, 1.807) is 4.90 Å². The fourth-order valence-corrected chi connectivity index (χ4v) is 4.04. The van der Waals surface area contributed by atoms with Crippen molar-refractivity contribution in [2.45, 2.75) is 97.5 Å². The van der Waals surface area contributed by atoms with E-state index in [0.29, 0.717) is 19.0 Å². The van der Waals surface area contributed by atoms with Crippen LogP contribution < -0.4 is 0 Å². The Morgan fingerprint density at radius 2 is 1.42 bits per heavy atom. The normalized spacial score (nSPS) is 16.1. The highest BCUT2D eigenvalue weighted by Gasteiger charge is 2.28. The first-order valence-corrected chi connectivity index (χ1v) is 12.1. The van der Waals surface area contributed by atoms with Crippen molar-refractivity contribution in [3.8, 4) is 11.3 Å². The van der Waals surface area contributed by atoms with Gasteiger partial charge in [0.05, 0.1) is 17.6 Å². The molecule has 5 heteroatoms. The van der Waals surface area contributed by atoms with Crippen LogP contribution in [0.4, 0.5) is 4.79 Å². The second-order valence-electron chi connectivity index (χ2n) is 12.4. The van der Waals surface area contributed by atoms with Crippen LogP contribution >= 0.6 is 0 Å².